The van der Waals surface area contributed by atoms with E-state index in [-0.39, 0.29) is 0 Å². The lowest BCUT2D eigenvalue weighted by Crippen LogP contribution is -2.12. The molecule has 0 saturated carbocycles. The smallest absolute Gasteiger partial charge is 0.223 e. The van der Waals surface area contributed by atoms with Crippen LogP contribution >= 0.6 is 0 Å². The van der Waals surface area contributed by atoms with Gasteiger partial charge in [0.15, 0.2) is 0 Å². The van der Waals surface area contributed by atoms with Crippen molar-refractivity contribution in [2.75, 3.05) is 25.0 Å². The number of anilines is 1. The first-order chi connectivity index (χ1) is 8.36. The van der Waals surface area contributed by atoms with Crippen molar-refractivity contribution in [1.82, 2.24) is 15.3 Å². The molecule has 1 aromatic heterocycles. The monoisotopic (exact) mass is 230 g/mol. The molecule has 0 amide bonds. The van der Waals surface area contributed by atoms with Crippen LogP contribution in [-0.4, -0.2) is 29.6 Å². The van der Waals surface area contributed by atoms with Crippen molar-refractivity contribution >= 4 is 12.0 Å². The lowest BCUT2D eigenvalue weighted by Gasteiger charge is -2.01. The van der Waals surface area contributed by atoms with Gasteiger partial charge in [-0.15, -0.1) is 13.2 Å². The van der Waals surface area contributed by atoms with Gasteiger partial charge in [0.25, 0.3) is 0 Å². The van der Waals surface area contributed by atoms with E-state index >= 15 is 0 Å². The first-order valence-corrected chi connectivity index (χ1v) is 5.52. The van der Waals surface area contributed by atoms with Crippen LogP contribution in [0.2, 0.25) is 0 Å². The Labute approximate surface area is 102 Å². The van der Waals surface area contributed by atoms with Gasteiger partial charge in [0.2, 0.25) is 5.95 Å². The Morgan fingerprint density at radius 1 is 1.18 bits per heavy atom. The summed E-state index contributed by atoms with van der Waals surface area (Å²) in [6, 6.07) is 1.86. The predicted octanol–water partition coefficient (Wildman–Crippen LogP) is 1.86. The summed E-state index contributed by atoms with van der Waals surface area (Å²) >= 11 is 0. The van der Waals surface area contributed by atoms with Crippen LogP contribution in [0, 0.1) is 0 Å². The van der Waals surface area contributed by atoms with E-state index in [0.29, 0.717) is 12.5 Å². The standard InChI is InChI=1S/C13H18N4/c1-3-8-14-10-5-6-12-7-11-16-13(17-12)15-9-4-2/h3-7,11,14H,1-2,8-10H2,(H,15,16,17)/b6-5+. The average molecular weight is 230 g/mol. The molecule has 1 aromatic rings. The molecule has 0 atom stereocenters. The summed E-state index contributed by atoms with van der Waals surface area (Å²) in [6.45, 7) is 9.52. The lowest BCUT2D eigenvalue weighted by molar-refractivity contribution is 0.846. The second-order valence-electron chi connectivity index (χ2n) is 3.32. The summed E-state index contributed by atoms with van der Waals surface area (Å²) in [5.41, 5.74) is 0.881. The van der Waals surface area contributed by atoms with Gasteiger partial charge in [-0.1, -0.05) is 18.2 Å². The number of nitrogens with one attached hydrogen (secondary N) is 2. The number of rotatable bonds is 8. The fraction of sp³-hybridized carbons (Fsp3) is 0.231. The molecule has 1 heterocycles. The summed E-state index contributed by atoms with van der Waals surface area (Å²) < 4.78 is 0. The van der Waals surface area contributed by atoms with E-state index in [1.807, 2.05) is 24.3 Å². The van der Waals surface area contributed by atoms with Crippen LogP contribution in [-0.2, 0) is 0 Å². The van der Waals surface area contributed by atoms with Crippen LogP contribution in [0.1, 0.15) is 5.69 Å². The van der Waals surface area contributed by atoms with Gasteiger partial charge in [-0.2, -0.15) is 0 Å². The van der Waals surface area contributed by atoms with Crippen LogP contribution in [0.4, 0.5) is 5.95 Å². The molecule has 0 fully saturated rings. The highest BCUT2D eigenvalue weighted by atomic mass is 15.1. The third kappa shape index (κ3) is 5.63. The molecule has 0 bridgehead atoms. The summed E-state index contributed by atoms with van der Waals surface area (Å²) in [5.74, 6) is 0.617. The number of hydrogen-bond acceptors (Lipinski definition) is 4. The van der Waals surface area contributed by atoms with Gasteiger partial charge in [0.1, 0.15) is 0 Å². The Balaban J connectivity index is 2.46. The average Bonchev–Trinajstić information content (AvgIpc) is 2.37. The van der Waals surface area contributed by atoms with Crippen molar-refractivity contribution in [2.45, 2.75) is 0 Å². The Morgan fingerprint density at radius 2 is 2.00 bits per heavy atom. The molecule has 1 rings (SSSR count). The van der Waals surface area contributed by atoms with Crippen LogP contribution < -0.4 is 10.6 Å². The Bertz CT molecular complexity index is 385. The molecule has 0 aromatic carbocycles. The second-order valence-corrected chi connectivity index (χ2v) is 3.32. The van der Waals surface area contributed by atoms with Gasteiger partial charge in [0, 0.05) is 25.8 Å². The molecule has 0 unspecified atom stereocenters. The van der Waals surface area contributed by atoms with E-state index in [4.69, 9.17) is 0 Å². The molecule has 4 nitrogen and oxygen atoms in total. The summed E-state index contributed by atoms with van der Waals surface area (Å²) in [4.78, 5) is 8.43. The number of aromatic nitrogens is 2. The topological polar surface area (TPSA) is 49.8 Å². The minimum absolute atomic E-state index is 0.617. The molecule has 0 radical (unpaired) electrons. The van der Waals surface area contributed by atoms with Crippen LogP contribution in [0.5, 0.6) is 0 Å². The molecule has 90 valence electrons. The first kappa shape index (κ1) is 13.1. The highest BCUT2D eigenvalue weighted by Crippen LogP contribution is 2.01. The van der Waals surface area contributed by atoms with Crippen LogP contribution in [0.3, 0.4) is 0 Å². The SMILES string of the molecule is C=CCNC/C=C/c1ccnc(NCC=C)n1. The van der Waals surface area contributed by atoms with Gasteiger partial charge >= 0.3 is 0 Å². The minimum atomic E-state index is 0.617. The molecule has 0 aliphatic rings. The molecule has 0 spiro atoms. The molecule has 0 saturated heterocycles. The molecule has 2 N–H and O–H groups in total. The summed E-state index contributed by atoms with van der Waals surface area (Å²) in [6.07, 6.45) is 9.30. The molecule has 17 heavy (non-hydrogen) atoms. The van der Waals surface area contributed by atoms with E-state index in [2.05, 4.69) is 33.8 Å². The van der Waals surface area contributed by atoms with E-state index in [9.17, 15) is 0 Å². The van der Waals surface area contributed by atoms with E-state index in [1.54, 1.807) is 12.3 Å². The highest BCUT2D eigenvalue weighted by Gasteiger charge is 1.93. The highest BCUT2D eigenvalue weighted by molar-refractivity contribution is 5.46. The number of nitrogens with zero attached hydrogens (tertiary/aromatic N) is 2. The zero-order valence-corrected chi connectivity index (χ0v) is 9.89. The van der Waals surface area contributed by atoms with Crippen molar-refractivity contribution in [3.8, 4) is 0 Å². The van der Waals surface area contributed by atoms with Gasteiger partial charge < -0.3 is 10.6 Å². The van der Waals surface area contributed by atoms with E-state index < -0.39 is 0 Å². The van der Waals surface area contributed by atoms with E-state index in [1.165, 1.54) is 0 Å². The maximum absolute atomic E-state index is 4.32. The molecular formula is C13H18N4. The Hall–Kier alpha value is -1.94. The first-order valence-electron chi connectivity index (χ1n) is 5.52. The Kier molecular flexibility index (Phi) is 6.36. The Morgan fingerprint density at radius 3 is 2.76 bits per heavy atom. The fourth-order valence-electron chi connectivity index (χ4n) is 1.16. The zero-order chi connectivity index (χ0) is 12.3. The fourth-order valence-corrected chi connectivity index (χ4v) is 1.16. The molecule has 0 aliphatic carbocycles. The maximum atomic E-state index is 4.32. The second kappa shape index (κ2) is 8.24. The van der Waals surface area contributed by atoms with Gasteiger partial charge in [0.05, 0.1) is 5.69 Å². The van der Waals surface area contributed by atoms with Crippen molar-refractivity contribution in [1.29, 1.82) is 0 Å². The normalized spacial score (nSPS) is 10.4. The number of hydrogen-bond donors (Lipinski definition) is 2. The summed E-state index contributed by atoms with van der Waals surface area (Å²) in [5, 5.41) is 6.22. The molecule has 0 aliphatic heterocycles. The quantitative estimate of drug-likeness (QED) is 0.528. The predicted molar refractivity (Wildman–Crippen MR) is 72.8 cm³/mol. The van der Waals surface area contributed by atoms with Gasteiger partial charge in [-0.05, 0) is 12.1 Å². The zero-order valence-electron chi connectivity index (χ0n) is 9.89. The van der Waals surface area contributed by atoms with Gasteiger partial charge in [-0.3, -0.25) is 0 Å². The lowest BCUT2D eigenvalue weighted by atomic mass is 10.3. The molecule has 4 heteroatoms. The third-order valence-electron chi connectivity index (χ3n) is 1.92. The van der Waals surface area contributed by atoms with Crippen molar-refractivity contribution in [2.24, 2.45) is 0 Å². The van der Waals surface area contributed by atoms with Crippen molar-refractivity contribution in [3.05, 3.63) is 49.3 Å². The van der Waals surface area contributed by atoms with Gasteiger partial charge in [-0.25, -0.2) is 9.97 Å². The minimum Gasteiger partial charge on any atom is -0.351 e. The third-order valence-corrected chi connectivity index (χ3v) is 1.92. The van der Waals surface area contributed by atoms with Crippen molar-refractivity contribution in [3.63, 3.8) is 0 Å². The molecular weight excluding hydrogens is 212 g/mol. The van der Waals surface area contributed by atoms with Crippen LogP contribution in [0.15, 0.2) is 43.6 Å². The largest absolute Gasteiger partial charge is 0.351 e. The van der Waals surface area contributed by atoms with E-state index in [0.717, 1.165) is 18.8 Å². The van der Waals surface area contributed by atoms with Crippen molar-refractivity contribution < 1.29 is 0 Å². The van der Waals surface area contributed by atoms with Crippen LogP contribution in [0.25, 0.3) is 6.08 Å². The maximum Gasteiger partial charge on any atom is 0.223 e. The summed E-state index contributed by atoms with van der Waals surface area (Å²) in [7, 11) is 0.